The standard InChI is InChI=1S/C19H11F3N4O2/c20-19(21,22)15-9-10-23-18(25-15)28-14-8-4-2-6-12(14)16-24-13-7-3-1-5-11(13)17(27)26-16/h1-10H,(H,24,26,27). The Hall–Kier alpha value is -3.75. The summed E-state index contributed by atoms with van der Waals surface area (Å²) in [5, 5.41) is 0.422. The Kier molecular flexibility index (Phi) is 4.26. The second-order valence-electron chi connectivity index (χ2n) is 5.75. The normalized spacial score (nSPS) is 11.5. The number of benzene rings is 2. The van der Waals surface area contributed by atoms with E-state index in [4.69, 9.17) is 4.74 Å². The Labute approximate surface area is 155 Å². The molecule has 6 nitrogen and oxygen atoms in total. The van der Waals surface area contributed by atoms with Crippen LogP contribution in [0.4, 0.5) is 13.2 Å². The summed E-state index contributed by atoms with van der Waals surface area (Å²) in [5.41, 5.74) is -0.601. The number of aromatic nitrogens is 4. The lowest BCUT2D eigenvalue weighted by Crippen LogP contribution is -2.10. The van der Waals surface area contributed by atoms with E-state index in [2.05, 4.69) is 19.9 Å². The second kappa shape index (κ2) is 6.76. The number of hydrogen-bond donors (Lipinski definition) is 1. The highest BCUT2D eigenvalue weighted by atomic mass is 19.4. The van der Waals surface area contributed by atoms with Crippen molar-refractivity contribution >= 4 is 10.9 Å². The topological polar surface area (TPSA) is 80.8 Å². The fourth-order valence-electron chi connectivity index (χ4n) is 2.61. The molecule has 0 aliphatic carbocycles. The molecule has 0 saturated heterocycles. The molecule has 0 saturated carbocycles. The maximum absolute atomic E-state index is 12.8. The summed E-state index contributed by atoms with van der Waals surface area (Å²) < 4.78 is 44.0. The average molecular weight is 384 g/mol. The molecule has 0 amide bonds. The number of hydrogen-bond acceptors (Lipinski definition) is 5. The molecule has 0 aliphatic rings. The minimum Gasteiger partial charge on any atom is -0.424 e. The molecule has 0 radical (unpaired) electrons. The summed E-state index contributed by atoms with van der Waals surface area (Å²) in [5.74, 6) is 0.367. The molecular weight excluding hydrogens is 373 g/mol. The van der Waals surface area contributed by atoms with Crippen LogP contribution in [0.25, 0.3) is 22.3 Å². The number of rotatable bonds is 3. The molecule has 2 aromatic heterocycles. The van der Waals surface area contributed by atoms with E-state index in [1.54, 1.807) is 42.5 Å². The monoisotopic (exact) mass is 384 g/mol. The van der Waals surface area contributed by atoms with Crippen LogP contribution < -0.4 is 10.3 Å². The largest absolute Gasteiger partial charge is 0.433 e. The predicted octanol–water partition coefficient (Wildman–Crippen LogP) is 4.19. The Balaban J connectivity index is 1.78. The van der Waals surface area contributed by atoms with Crippen LogP contribution in [0, 0.1) is 0 Å². The first-order chi connectivity index (χ1) is 13.4. The van der Waals surface area contributed by atoms with E-state index in [-0.39, 0.29) is 17.1 Å². The quantitative estimate of drug-likeness (QED) is 0.573. The van der Waals surface area contributed by atoms with Gasteiger partial charge in [0.1, 0.15) is 11.6 Å². The van der Waals surface area contributed by atoms with Crippen molar-refractivity contribution in [1.29, 1.82) is 0 Å². The third-order valence-electron chi connectivity index (χ3n) is 3.88. The summed E-state index contributed by atoms with van der Waals surface area (Å²) >= 11 is 0. The minimum atomic E-state index is -4.62. The lowest BCUT2D eigenvalue weighted by Gasteiger charge is -2.11. The zero-order valence-electron chi connectivity index (χ0n) is 14.1. The van der Waals surface area contributed by atoms with E-state index < -0.39 is 17.9 Å². The molecule has 0 aliphatic heterocycles. The van der Waals surface area contributed by atoms with Gasteiger partial charge in [-0.1, -0.05) is 24.3 Å². The molecule has 2 heterocycles. The van der Waals surface area contributed by atoms with Crippen molar-refractivity contribution in [1.82, 2.24) is 19.9 Å². The van der Waals surface area contributed by atoms with E-state index in [0.29, 0.717) is 16.5 Å². The lowest BCUT2D eigenvalue weighted by molar-refractivity contribution is -0.141. The molecule has 0 fully saturated rings. The molecular formula is C19H11F3N4O2. The van der Waals surface area contributed by atoms with Gasteiger partial charge in [-0.05, 0) is 30.3 Å². The van der Waals surface area contributed by atoms with Crippen LogP contribution in [0.5, 0.6) is 11.8 Å². The average Bonchev–Trinajstić information content (AvgIpc) is 2.68. The van der Waals surface area contributed by atoms with Crippen molar-refractivity contribution in [3.05, 3.63) is 76.8 Å². The van der Waals surface area contributed by atoms with E-state index >= 15 is 0 Å². The number of alkyl halides is 3. The van der Waals surface area contributed by atoms with E-state index in [0.717, 1.165) is 12.3 Å². The highest BCUT2D eigenvalue weighted by molar-refractivity contribution is 5.80. The number of ether oxygens (including phenoxy) is 1. The van der Waals surface area contributed by atoms with Gasteiger partial charge in [-0.2, -0.15) is 18.2 Å². The third-order valence-corrected chi connectivity index (χ3v) is 3.88. The molecule has 2 aromatic carbocycles. The molecule has 4 rings (SSSR count). The van der Waals surface area contributed by atoms with Crippen molar-refractivity contribution in [2.45, 2.75) is 6.18 Å². The van der Waals surface area contributed by atoms with Gasteiger partial charge in [-0.3, -0.25) is 4.79 Å². The first-order valence-electron chi connectivity index (χ1n) is 8.08. The van der Waals surface area contributed by atoms with Gasteiger partial charge in [0.05, 0.1) is 16.5 Å². The molecule has 0 unspecified atom stereocenters. The van der Waals surface area contributed by atoms with Gasteiger partial charge >= 0.3 is 12.2 Å². The van der Waals surface area contributed by atoms with Crippen LogP contribution in [-0.4, -0.2) is 19.9 Å². The van der Waals surface area contributed by atoms with Gasteiger partial charge in [0.15, 0.2) is 5.69 Å². The van der Waals surface area contributed by atoms with Crippen LogP contribution >= 0.6 is 0 Å². The molecule has 28 heavy (non-hydrogen) atoms. The first kappa shape index (κ1) is 17.7. The minimum absolute atomic E-state index is 0.153. The van der Waals surface area contributed by atoms with Crippen molar-refractivity contribution in [3.63, 3.8) is 0 Å². The summed E-state index contributed by atoms with van der Waals surface area (Å²) in [6, 6.07) is 13.5. The number of fused-ring (bicyclic) bond motifs is 1. The molecule has 1 N–H and O–H groups in total. The Bertz CT molecular complexity index is 1220. The maximum Gasteiger partial charge on any atom is 0.433 e. The summed E-state index contributed by atoms with van der Waals surface area (Å²) in [4.78, 5) is 26.5. The van der Waals surface area contributed by atoms with Gasteiger partial charge in [0.2, 0.25) is 0 Å². The van der Waals surface area contributed by atoms with Gasteiger partial charge in [0.25, 0.3) is 5.56 Å². The predicted molar refractivity (Wildman–Crippen MR) is 94.9 cm³/mol. The fourth-order valence-corrected chi connectivity index (χ4v) is 2.61. The number of halogens is 3. The summed E-state index contributed by atoms with van der Waals surface area (Å²) in [7, 11) is 0. The highest BCUT2D eigenvalue weighted by Crippen LogP contribution is 2.32. The number of para-hydroxylation sites is 2. The van der Waals surface area contributed by atoms with Gasteiger partial charge in [-0.25, -0.2) is 9.97 Å². The van der Waals surface area contributed by atoms with Crippen LogP contribution in [-0.2, 0) is 6.18 Å². The Morgan fingerprint density at radius 1 is 0.929 bits per heavy atom. The van der Waals surface area contributed by atoms with Crippen LogP contribution in [0.2, 0.25) is 0 Å². The van der Waals surface area contributed by atoms with Gasteiger partial charge < -0.3 is 9.72 Å². The van der Waals surface area contributed by atoms with Crippen molar-refractivity contribution in [2.24, 2.45) is 0 Å². The Morgan fingerprint density at radius 3 is 2.50 bits per heavy atom. The Morgan fingerprint density at radius 2 is 1.68 bits per heavy atom. The number of nitrogens with one attached hydrogen (secondary N) is 1. The highest BCUT2D eigenvalue weighted by Gasteiger charge is 2.33. The smallest absolute Gasteiger partial charge is 0.424 e. The molecule has 0 spiro atoms. The second-order valence-corrected chi connectivity index (χ2v) is 5.75. The van der Waals surface area contributed by atoms with Gasteiger partial charge in [0, 0.05) is 6.20 Å². The van der Waals surface area contributed by atoms with Crippen molar-refractivity contribution in [3.8, 4) is 23.1 Å². The summed E-state index contributed by atoms with van der Waals surface area (Å²) in [6.45, 7) is 0. The van der Waals surface area contributed by atoms with Crippen molar-refractivity contribution in [2.75, 3.05) is 0 Å². The van der Waals surface area contributed by atoms with Crippen LogP contribution in [0.1, 0.15) is 5.69 Å². The fraction of sp³-hybridized carbons (Fsp3) is 0.0526. The number of H-pyrrole nitrogens is 1. The number of aromatic amines is 1. The third kappa shape index (κ3) is 3.41. The zero-order valence-corrected chi connectivity index (χ0v) is 14.1. The van der Waals surface area contributed by atoms with Crippen LogP contribution in [0.3, 0.4) is 0 Å². The number of nitrogens with zero attached hydrogens (tertiary/aromatic N) is 3. The molecule has 0 atom stereocenters. The first-order valence-corrected chi connectivity index (χ1v) is 8.08. The SMILES string of the molecule is O=c1[nH]c(-c2ccccc2Oc2nccc(C(F)(F)F)n2)nc2ccccc12. The molecule has 4 aromatic rings. The summed E-state index contributed by atoms with van der Waals surface area (Å²) in [6.07, 6.45) is -3.66. The maximum atomic E-state index is 12.8. The van der Waals surface area contributed by atoms with Crippen molar-refractivity contribution < 1.29 is 17.9 Å². The molecule has 9 heteroatoms. The molecule has 140 valence electrons. The lowest BCUT2D eigenvalue weighted by atomic mass is 10.1. The zero-order chi connectivity index (χ0) is 19.7. The van der Waals surface area contributed by atoms with E-state index in [1.807, 2.05) is 0 Å². The van der Waals surface area contributed by atoms with E-state index in [9.17, 15) is 18.0 Å². The van der Waals surface area contributed by atoms with Gasteiger partial charge in [-0.15, -0.1) is 0 Å². The molecule has 0 bridgehead atoms. The van der Waals surface area contributed by atoms with Crippen LogP contribution in [0.15, 0.2) is 65.6 Å². The van der Waals surface area contributed by atoms with E-state index in [1.165, 1.54) is 6.07 Å².